The molecule has 1 aromatic heterocycles. The van der Waals surface area contributed by atoms with Gasteiger partial charge in [-0.2, -0.15) is 0 Å². The van der Waals surface area contributed by atoms with Crippen LogP contribution in [0, 0.1) is 0 Å². The van der Waals surface area contributed by atoms with Gasteiger partial charge < -0.3 is 19.9 Å². The second-order valence-electron chi connectivity index (χ2n) is 5.74. The predicted molar refractivity (Wildman–Crippen MR) is 117 cm³/mol. The largest absolute Gasteiger partial charge is 0.385 e. The van der Waals surface area contributed by atoms with Crippen LogP contribution >= 0.6 is 24.0 Å². The zero-order chi connectivity index (χ0) is 17.7. The maximum absolute atomic E-state index is 5.05. The van der Waals surface area contributed by atoms with Gasteiger partial charge in [-0.25, -0.2) is 4.98 Å². The fraction of sp³-hybridized carbons (Fsp3) is 0.474. The van der Waals surface area contributed by atoms with Crippen LogP contribution < -0.4 is 10.6 Å². The lowest BCUT2D eigenvalue weighted by atomic mass is 10.2. The van der Waals surface area contributed by atoms with E-state index in [0.717, 1.165) is 57.4 Å². The highest BCUT2D eigenvalue weighted by Gasteiger charge is 2.04. The summed E-state index contributed by atoms with van der Waals surface area (Å²) in [7, 11) is 1.71. The van der Waals surface area contributed by atoms with Gasteiger partial charge >= 0.3 is 0 Å². The van der Waals surface area contributed by atoms with E-state index in [2.05, 4.69) is 56.4 Å². The number of hydrogen-bond donors (Lipinski definition) is 2. The molecule has 0 spiro atoms. The molecule has 0 saturated carbocycles. The maximum Gasteiger partial charge on any atom is 0.191 e. The Bertz CT molecular complexity index is 630. The number of aliphatic imine (C=N–C) groups is 1. The molecular weight excluding hydrogens is 441 g/mol. The molecule has 26 heavy (non-hydrogen) atoms. The molecule has 2 rings (SSSR count). The third-order valence-corrected chi connectivity index (χ3v) is 3.76. The van der Waals surface area contributed by atoms with Crippen molar-refractivity contribution in [2.45, 2.75) is 26.3 Å². The average Bonchev–Trinajstić information content (AvgIpc) is 3.06. The van der Waals surface area contributed by atoms with Crippen LogP contribution in [0.25, 0.3) is 0 Å². The summed E-state index contributed by atoms with van der Waals surface area (Å²) in [6.07, 6.45) is 5.67. The molecule has 0 bridgehead atoms. The van der Waals surface area contributed by atoms with Gasteiger partial charge in [0.2, 0.25) is 0 Å². The fourth-order valence-corrected chi connectivity index (χ4v) is 2.53. The van der Waals surface area contributed by atoms with Gasteiger partial charge in [-0.15, -0.1) is 24.0 Å². The van der Waals surface area contributed by atoms with Crippen molar-refractivity contribution in [1.82, 2.24) is 20.2 Å². The van der Waals surface area contributed by atoms with Crippen molar-refractivity contribution in [2.75, 3.05) is 33.4 Å². The summed E-state index contributed by atoms with van der Waals surface area (Å²) in [5.41, 5.74) is 1.28. The van der Waals surface area contributed by atoms with Crippen LogP contribution in [0.1, 0.15) is 24.7 Å². The minimum absolute atomic E-state index is 0. The molecule has 0 amide bonds. The molecule has 0 fully saturated rings. The molecule has 0 aliphatic carbocycles. The molecule has 7 heteroatoms. The maximum atomic E-state index is 5.05. The van der Waals surface area contributed by atoms with E-state index in [9.17, 15) is 0 Å². The van der Waals surface area contributed by atoms with E-state index in [1.165, 1.54) is 5.56 Å². The Hall–Kier alpha value is -1.61. The van der Waals surface area contributed by atoms with E-state index in [-0.39, 0.29) is 24.0 Å². The summed E-state index contributed by atoms with van der Waals surface area (Å²) < 4.78 is 7.25. The van der Waals surface area contributed by atoms with Gasteiger partial charge in [0.25, 0.3) is 0 Å². The molecular formula is C19H30IN5O. The van der Waals surface area contributed by atoms with Crippen molar-refractivity contribution in [3.05, 3.63) is 54.1 Å². The van der Waals surface area contributed by atoms with Gasteiger partial charge in [0.15, 0.2) is 5.96 Å². The first kappa shape index (κ1) is 22.4. The zero-order valence-corrected chi connectivity index (χ0v) is 18.0. The standard InChI is InChI=1S/C19H29N5O.HI/c1-3-20-19(22-11-7-15-25-2)23-12-10-18-21-13-14-24(18)16-17-8-5-4-6-9-17;/h4-6,8-9,13-14H,3,7,10-12,15-16H2,1-2H3,(H2,20,22,23);1H. The van der Waals surface area contributed by atoms with E-state index >= 15 is 0 Å². The molecule has 2 N–H and O–H groups in total. The van der Waals surface area contributed by atoms with Gasteiger partial charge in [-0.3, -0.25) is 4.99 Å². The Morgan fingerprint density at radius 3 is 2.77 bits per heavy atom. The van der Waals surface area contributed by atoms with Crippen LogP contribution in [0.2, 0.25) is 0 Å². The average molecular weight is 471 g/mol. The van der Waals surface area contributed by atoms with Crippen LogP contribution in [-0.4, -0.2) is 48.9 Å². The van der Waals surface area contributed by atoms with Crippen molar-refractivity contribution < 1.29 is 4.74 Å². The Morgan fingerprint density at radius 2 is 2.04 bits per heavy atom. The van der Waals surface area contributed by atoms with E-state index in [0.29, 0.717) is 0 Å². The Kier molecular flexibility index (Phi) is 11.7. The van der Waals surface area contributed by atoms with Gasteiger partial charge in [-0.1, -0.05) is 30.3 Å². The highest BCUT2D eigenvalue weighted by atomic mass is 127. The van der Waals surface area contributed by atoms with Crippen LogP contribution in [-0.2, 0) is 17.7 Å². The van der Waals surface area contributed by atoms with Gasteiger partial charge in [0, 0.05) is 58.7 Å². The number of nitrogens with zero attached hydrogens (tertiary/aromatic N) is 3. The minimum atomic E-state index is 0. The molecule has 2 aromatic rings. The number of imidazole rings is 1. The predicted octanol–water partition coefficient (Wildman–Crippen LogP) is 2.68. The van der Waals surface area contributed by atoms with E-state index < -0.39 is 0 Å². The SMILES string of the molecule is CCNC(=NCCCOC)NCCc1nccn1Cc1ccccc1.I. The number of ether oxygens (including phenoxy) is 1. The fourth-order valence-electron chi connectivity index (χ4n) is 2.53. The minimum Gasteiger partial charge on any atom is -0.385 e. The van der Waals surface area contributed by atoms with Crippen LogP contribution in [0.4, 0.5) is 0 Å². The number of guanidine groups is 1. The molecule has 144 valence electrons. The van der Waals surface area contributed by atoms with Crippen LogP contribution in [0.15, 0.2) is 47.7 Å². The van der Waals surface area contributed by atoms with Crippen LogP contribution in [0.5, 0.6) is 0 Å². The normalized spacial score (nSPS) is 11.1. The summed E-state index contributed by atoms with van der Waals surface area (Å²) >= 11 is 0. The molecule has 6 nitrogen and oxygen atoms in total. The van der Waals surface area contributed by atoms with Crippen molar-refractivity contribution in [3.63, 3.8) is 0 Å². The lowest BCUT2D eigenvalue weighted by molar-refractivity contribution is 0.197. The van der Waals surface area contributed by atoms with Crippen molar-refractivity contribution in [3.8, 4) is 0 Å². The third kappa shape index (κ3) is 8.18. The van der Waals surface area contributed by atoms with Crippen molar-refractivity contribution in [2.24, 2.45) is 4.99 Å². The highest BCUT2D eigenvalue weighted by Crippen LogP contribution is 2.05. The number of hydrogen-bond acceptors (Lipinski definition) is 3. The number of halogens is 1. The van der Waals surface area contributed by atoms with E-state index in [1.807, 2.05) is 18.5 Å². The first-order chi connectivity index (χ1) is 12.3. The van der Waals surface area contributed by atoms with Crippen molar-refractivity contribution >= 4 is 29.9 Å². The first-order valence-corrected chi connectivity index (χ1v) is 8.88. The Morgan fingerprint density at radius 1 is 1.23 bits per heavy atom. The molecule has 0 unspecified atom stereocenters. The molecule has 1 aromatic carbocycles. The number of rotatable bonds is 10. The quantitative estimate of drug-likeness (QED) is 0.242. The van der Waals surface area contributed by atoms with Gasteiger partial charge in [0.05, 0.1) is 0 Å². The number of benzene rings is 1. The Balaban J connectivity index is 0.00000338. The monoisotopic (exact) mass is 471 g/mol. The van der Waals surface area contributed by atoms with Gasteiger partial charge in [0.1, 0.15) is 5.82 Å². The molecule has 0 radical (unpaired) electrons. The molecule has 0 saturated heterocycles. The van der Waals surface area contributed by atoms with E-state index in [1.54, 1.807) is 7.11 Å². The van der Waals surface area contributed by atoms with Crippen LogP contribution in [0.3, 0.4) is 0 Å². The lowest BCUT2D eigenvalue weighted by Crippen LogP contribution is -2.38. The second kappa shape index (κ2) is 13.6. The lowest BCUT2D eigenvalue weighted by Gasteiger charge is -2.12. The summed E-state index contributed by atoms with van der Waals surface area (Å²) in [4.78, 5) is 9.04. The molecule has 0 atom stereocenters. The highest BCUT2D eigenvalue weighted by molar-refractivity contribution is 14.0. The number of nitrogens with one attached hydrogen (secondary N) is 2. The number of methoxy groups -OCH3 is 1. The first-order valence-electron chi connectivity index (χ1n) is 8.88. The third-order valence-electron chi connectivity index (χ3n) is 3.76. The topological polar surface area (TPSA) is 63.5 Å². The zero-order valence-electron chi connectivity index (χ0n) is 15.6. The number of aromatic nitrogens is 2. The summed E-state index contributed by atoms with van der Waals surface area (Å²) in [5.74, 6) is 1.92. The summed E-state index contributed by atoms with van der Waals surface area (Å²) in [6.45, 7) is 6.05. The molecule has 0 aliphatic heterocycles. The van der Waals surface area contributed by atoms with Gasteiger partial charge in [-0.05, 0) is 18.9 Å². The smallest absolute Gasteiger partial charge is 0.191 e. The Labute approximate surface area is 173 Å². The van der Waals surface area contributed by atoms with E-state index in [4.69, 9.17) is 4.74 Å². The second-order valence-corrected chi connectivity index (χ2v) is 5.74. The molecule has 1 heterocycles. The molecule has 0 aliphatic rings. The van der Waals surface area contributed by atoms with Crippen molar-refractivity contribution in [1.29, 1.82) is 0 Å². The summed E-state index contributed by atoms with van der Waals surface area (Å²) in [6, 6.07) is 10.4. The summed E-state index contributed by atoms with van der Waals surface area (Å²) in [5, 5.41) is 6.64.